The van der Waals surface area contributed by atoms with Crippen LogP contribution in [0, 0.1) is 5.41 Å². The van der Waals surface area contributed by atoms with Gasteiger partial charge in [0.2, 0.25) is 5.91 Å². The van der Waals surface area contributed by atoms with Crippen molar-refractivity contribution >= 4 is 15.7 Å². The van der Waals surface area contributed by atoms with E-state index in [1.54, 1.807) is 4.90 Å². The molecule has 6 heteroatoms. The average Bonchev–Trinajstić information content (AvgIpc) is 2.27. The summed E-state index contributed by atoms with van der Waals surface area (Å²) in [5, 5.41) is 0. The van der Waals surface area contributed by atoms with Crippen LogP contribution in [0.4, 0.5) is 0 Å². The molecule has 18 heavy (non-hydrogen) atoms. The van der Waals surface area contributed by atoms with Crippen LogP contribution >= 0.6 is 0 Å². The van der Waals surface area contributed by atoms with E-state index in [9.17, 15) is 13.2 Å². The maximum absolute atomic E-state index is 12.3. The number of amides is 1. The number of hydrogen-bond donors (Lipinski definition) is 1. The Hall–Kier alpha value is -0.620. The van der Waals surface area contributed by atoms with E-state index in [0.29, 0.717) is 19.6 Å². The van der Waals surface area contributed by atoms with Crippen LogP contribution in [0.3, 0.4) is 0 Å². The molecule has 1 aliphatic heterocycles. The molecule has 0 unspecified atom stereocenters. The van der Waals surface area contributed by atoms with Crippen molar-refractivity contribution in [2.24, 2.45) is 11.1 Å². The summed E-state index contributed by atoms with van der Waals surface area (Å²) < 4.78 is 22.0. The largest absolute Gasteiger partial charge is 0.341 e. The zero-order valence-electron chi connectivity index (χ0n) is 11.7. The van der Waals surface area contributed by atoms with E-state index >= 15 is 0 Å². The van der Waals surface area contributed by atoms with E-state index < -0.39 is 14.6 Å². The molecular formula is C12H24N2O3S. The lowest BCUT2D eigenvalue weighted by molar-refractivity contribution is -0.135. The highest BCUT2D eigenvalue weighted by molar-refractivity contribution is 7.92. The van der Waals surface area contributed by atoms with Crippen LogP contribution < -0.4 is 5.73 Å². The van der Waals surface area contributed by atoms with Gasteiger partial charge >= 0.3 is 0 Å². The Morgan fingerprint density at radius 1 is 1.33 bits per heavy atom. The van der Waals surface area contributed by atoms with Crippen LogP contribution in [-0.2, 0) is 14.6 Å². The van der Waals surface area contributed by atoms with Gasteiger partial charge in [-0.15, -0.1) is 0 Å². The van der Waals surface area contributed by atoms with E-state index in [4.69, 9.17) is 5.73 Å². The van der Waals surface area contributed by atoms with E-state index in [0.717, 1.165) is 19.1 Å². The van der Waals surface area contributed by atoms with Crippen molar-refractivity contribution in [2.75, 3.05) is 25.9 Å². The van der Waals surface area contributed by atoms with Gasteiger partial charge in [-0.05, 0) is 38.6 Å². The predicted molar refractivity (Wildman–Crippen MR) is 71.9 cm³/mol. The Bertz CT molecular complexity index is 421. The molecule has 0 aromatic carbocycles. The number of likely N-dealkylation sites (tertiary alicyclic amines) is 1. The first kappa shape index (κ1) is 15.4. The van der Waals surface area contributed by atoms with Crippen molar-refractivity contribution in [3.05, 3.63) is 0 Å². The number of carbonyl (C=O) groups excluding carboxylic acids is 1. The van der Waals surface area contributed by atoms with Gasteiger partial charge in [0.1, 0.15) is 4.75 Å². The Balaban J connectivity index is 2.78. The minimum absolute atomic E-state index is 0.0754. The number of carbonyl (C=O) groups is 1. The quantitative estimate of drug-likeness (QED) is 0.809. The zero-order chi connectivity index (χ0) is 14.2. The monoisotopic (exact) mass is 276 g/mol. The lowest BCUT2D eigenvalue weighted by Gasteiger charge is -2.41. The van der Waals surface area contributed by atoms with Gasteiger partial charge in [-0.1, -0.05) is 6.92 Å². The third-order valence-electron chi connectivity index (χ3n) is 4.19. The van der Waals surface area contributed by atoms with Crippen molar-refractivity contribution in [2.45, 2.75) is 38.4 Å². The third kappa shape index (κ3) is 2.85. The number of nitrogens with zero attached hydrogens (tertiary/aromatic N) is 1. The second kappa shape index (κ2) is 4.81. The van der Waals surface area contributed by atoms with E-state index in [1.165, 1.54) is 13.8 Å². The molecule has 0 aromatic heterocycles. The van der Waals surface area contributed by atoms with Crippen LogP contribution in [0.5, 0.6) is 0 Å². The van der Waals surface area contributed by atoms with Crippen LogP contribution in [-0.4, -0.2) is 49.9 Å². The molecule has 5 nitrogen and oxygen atoms in total. The number of nitrogens with two attached hydrogens (primary N) is 1. The van der Waals surface area contributed by atoms with Gasteiger partial charge < -0.3 is 10.6 Å². The van der Waals surface area contributed by atoms with Gasteiger partial charge in [0.15, 0.2) is 9.84 Å². The normalized spacial score (nSPS) is 20.8. The SMILES string of the molecule is CC1(CN)CCN(C(=O)C(C)(C)S(C)(=O)=O)CC1. The summed E-state index contributed by atoms with van der Waals surface area (Å²) in [6.07, 6.45) is 2.77. The fourth-order valence-electron chi connectivity index (χ4n) is 1.99. The van der Waals surface area contributed by atoms with Crippen molar-refractivity contribution in [3.8, 4) is 0 Å². The summed E-state index contributed by atoms with van der Waals surface area (Å²) in [4.78, 5) is 13.9. The topological polar surface area (TPSA) is 80.5 Å². The van der Waals surface area contributed by atoms with Crippen molar-refractivity contribution in [1.29, 1.82) is 0 Å². The molecule has 0 aromatic rings. The van der Waals surface area contributed by atoms with Crippen LogP contribution in [0.15, 0.2) is 0 Å². The Kier molecular flexibility index (Phi) is 4.13. The summed E-state index contributed by atoms with van der Waals surface area (Å²) in [6.45, 7) is 6.83. The van der Waals surface area contributed by atoms with Crippen LogP contribution in [0.1, 0.15) is 33.6 Å². The lowest BCUT2D eigenvalue weighted by atomic mass is 9.80. The van der Waals surface area contributed by atoms with Crippen molar-refractivity contribution < 1.29 is 13.2 Å². The molecule has 1 amide bonds. The second-order valence-corrected chi connectivity index (χ2v) is 8.65. The highest BCUT2D eigenvalue weighted by Gasteiger charge is 2.43. The molecule has 106 valence electrons. The van der Waals surface area contributed by atoms with Gasteiger partial charge in [0, 0.05) is 19.3 Å². The maximum atomic E-state index is 12.3. The molecule has 0 aliphatic carbocycles. The number of rotatable bonds is 3. The Morgan fingerprint density at radius 3 is 2.11 bits per heavy atom. The number of piperidine rings is 1. The molecule has 1 rings (SSSR count). The minimum atomic E-state index is -3.40. The Labute approximate surface area is 110 Å². The first-order valence-electron chi connectivity index (χ1n) is 6.22. The first-order valence-corrected chi connectivity index (χ1v) is 8.12. The zero-order valence-corrected chi connectivity index (χ0v) is 12.5. The van der Waals surface area contributed by atoms with E-state index in [2.05, 4.69) is 6.92 Å². The van der Waals surface area contributed by atoms with Gasteiger partial charge in [-0.25, -0.2) is 8.42 Å². The molecule has 1 fully saturated rings. The molecule has 0 spiro atoms. The molecule has 1 aliphatic rings. The van der Waals surface area contributed by atoms with Crippen LogP contribution in [0.2, 0.25) is 0 Å². The molecule has 0 bridgehead atoms. The summed E-state index contributed by atoms with van der Waals surface area (Å²) in [6, 6.07) is 0. The lowest BCUT2D eigenvalue weighted by Crippen LogP contribution is -2.53. The second-order valence-electron chi connectivity index (χ2n) is 6.09. The molecular weight excluding hydrogens is 252 g/mol. The standard InChI is InChI=1S/C12H24N2O3S/c1-11(2,18(4,16)17)10(15)14-7-5-12(3,9-13)6-8-14/h5-9,13H2,1-4H3. The summed E-state index contributed by atoms with van der Waals surface area (Å²) in [5.74, 6) is -0.302. The highest BCUT2D eigenvalue weighted by atomic mass is 32.2. The third-order valence-corrected chi connectivity index (χ3v) is 6.22. The van der Waals surface area contributed by atoms with Gasteiger partial charge in [-0.2, -0.15) is 0 Å². The number of hydrogen-bond acceptors (Lipinski definition) is 4. The summed E-state index contributed by atoms with van der Waals surface area (Å²) in [7, 11) is -3.40. The molecule has 1 saturated heterocycles. The average molecular weight is 276 g/mol. The smallest absolute Gasteiger partial charge is 0.243 e. The summed E-state index contributed by atoms with van der Waals surface area (Å²) in [5.41, 5.74) is 5.79. The fourth-order valence-corrected chi connectivity index (χ4v) is 2.44. The fraction of sp³-hybridized carbons (Fsp3) is 0.917. The number of sulfone groups is 1. The molecule has 0 saturated carbocycles. The summed E-state index contributed by atoms with van der Waals surface area (Å²) >= 11 is 0. The van der Waals surface area contributed by atoms with E-state index in [-0.39, 0.29) is 11.3 Å². The van der Waals surface area contributed by atoms with Gasteiger partial charge in [0.05, 0.1) is 0 Å². The van der Waals surface area contributed by atoms with Crippen molar-refractivity contribution in [1.82, 2.24) is 4.90 Å². The molecule has 0 radical (unpaired) electrons. The molecule has 2 N–H and O–H groups in total. The highest BCUT2D eigenvalue weighted by Crippen LogP contribution is 2.31. The van der Waals surface area contributed by atoms with Crippen LogP contribution in [0.25, 0.3) is 0 Å². The molecule has 1 heterocycles. The minimum Gasteiger partial charge on any atom is -0.341 e. The van der Waals surface area contributed by atoms with Gasteiger partial charge in [0.25, 0.3) is 0 Å². The van der Waals surface area contributed by atoms with Crippen molar-refractivity contribution in [3.63, 3.8) is 0 Å². The Morgan fingerprint density at radius 2 is 1.78 bits per heavy atom. The first-order chi connectivity index (χ1) is 8.03. The maximum Gasteiger partial charge on any atom is 0.243 e. The van der Waals surface area contributed by atoms with Gasteiger partial charge in [-0.3, -0.25) is 4.79 Å². The molecule has 0 atom stereocenters. The van der Waals surface area contributed by atoms with E-state index in [1.807, 2.05) is 0 Å². The predicted octanol–water partition coefficient (Wildman–Crippen LogP) is 0.397.